The van der Waals surface area contributed by atoms with E-state index in [1.807, 2.05) is 6.21 Å². The zero-order valence-corrected chi connectivity index (χ0v) is 18.5. The van der Waals surface area contributed by atoms with Crippen LogP contribution in [0.1, 0.15) is 84.5 Å². The maximum absolute atomic E-state index is 12.1. The third-order valence-electron chi connectivity index (χ3n) is 9.90. The molecule has 4 aliphatic rings. The minimum atomic E-state index is -0.587. The molecule has 4 rings (SSSR count). The van der Waals surface area contributed by atoms with Crippen molar-refractivity contribution < 1.29 is 15.1 Å². The van der Waals surface area contributed by atoms with Gasteiger partial charge in [-0.2, -0.15) is 0 Å². The summed E-state index contributed by atoms with van der Waals surface area (Å²) in [5.41, 5.74) is 5.12. The molecule has 5 nitrogen and oxygen atoms in total. The molecule has 8 atom stereocenters. The molecule has 0 heterocycles. The largest absolute Gasteiger partial charge is 0.396 e. The number of aliphatic hydroxyl groups is 2. The Morgan fingerprint density at radius 2 is 1.86 bits per heavy atom. The second kappa shape index (κ2) is 8.12. The number of aliphatic hydroxyl groups excluding tert-OH is 1. The average Bonchev–Trinajstić information content (AvgIpc) is 2.96. The van der Waals surface area contributed by atoms with Gasteiger partial charge in [-0.05, 0) is 100 Å². The first kappa shape index (κ1) is 21.6. The monoisotopic (exact) mass is 406 g/mol. The van der Waals surface area contributed by atoms with Gasteiger partial charge < -0.3 is 20.8 Å². The zero-order chi connectivity index (χ0) is 20.7. The fourth-order valence-electron chi connectivity index (χ4n) is 7.96. The summed E-state index contributed by atoms with van der Waals surface area (Å²) in [6, 6.07) is 0. The number of oxime groups is 1. The minimum absolute atomic E-state index is 0.102. The molecule has 0 unspecified atom stereocenters. The Bertz CT molecular complexity index is 613. The smallest absolute Gasteiger partial charge is 0.117 e. The number of fused-ring (bicyclic) bond motifs is 5. The molecule has 29 heavy (non-hydrogen) atoms. The predicted molar refractivity (Wildman–Crippen MR) is 115 cm³/mol. The van der Waals surface area contributed by atoms with Crippen LogP contribution in [0.25, 0.3) is 0 Å². The van der Waals surface area contributed by atoms with Gasteiger partial charge in [0.15, 0.2) is 0 Å². The van der Waals surface area contributed by atoms with E-state index in [1.54, 1.807) is 0 Å². The van der Waals surface area contributed by atoms with E-state index in [2.05, 4.69) is 19.0 Å². The molecule has 4 fully saturated rings. The van der Waals surface area contributed by atoms with Crippen molar-refractivity contribution in [2.75, 3.05) is 13.2 Å². The number of unbranched alkanes of at least 4 members (excludes halogenated alkanes) is 1. The summed E-state index contributed by atoms with van der Waals surface area (Å²) in [5, 5.41) is 26.6. The lowest BCUT2D eigenvalue weighted by atomic mass is 9.43. The maximum Gasteiger partial charge on any atom is 0.117 e. The van der Waals surface area contributed by atoms with Crippen LogP contribution >= 0.6 is 0 Å². The third-order valence-corrected chi connectivity index (χ3v) is 9.90. The first-order valence-electron chi connectivity index (χ1n) is 12.1. The Morgan fingerprint density at radius 1 is 1.03 bits per heavy atom. The Morgan fingerprint density at radius 3 is 2.66 bits per heavy atom. The lowest BCUT2D eigenvalue weighted by Gasteiger charge is -2.63. The van der Waals surface area contributed by atoms with Gasteiger partial charge >= 0.3 is 0 Å². The van der Waals surface area contributed by atoms with Crippen LogP contribution in [0.2, 0.25) is 0 Å². The number of nitrogens with zero attached hydrogens (tertiary/aromatic N) is 1. The fraction of sp³-hybridized carbons (Fsp3) is 0.958. The van der Waals surface area contributed by atoms with Crippen LogP contribution < -0.4 is 5.73 Å². The SMILES string of the molecule is C[C@]12CC[C@H](O)C[C@H]1CC[C@@H]1[C@@H]2CC[C@]2(C)[C@@H](C=NOCCCCN)CC[C@]12O. The fourth-order valence-corrected chi connectivity index (χ4v) is 7.96. The van der Waals surface area contributed by atoms with Crippen LogP contribution in [0.15, 0.2) is 5.16 Å². The molecule has 0 aliphatic heterocycles. The van der Waals surface area contributed by atoms with E-state index in [0.717, 1.165) is 64.2 Å². The van der Waals surface area contributed by atoms with Crippen molar-refractivity contribution in [3.05, 3.63) is 0 Å². The molecule has 0 bridgehead atoms. The first-order valence-corrected chi connectivity index (χ1v) is 12.1. The number of hydrogen-bond donors (Lipinski definition) is 3. The topological polar surface area (TPSA) is 88.1 Å². The van der Waals surface area contributed by atoms with Crippen LogP contribution in [-0.2, 0) is 4.84 Å². The molecule has 0 radical (unpaired) electrons. The van der Waals surface area contributed by atoms with Crippen molar-refractivity contribution in [1.82, 2.24) is 0 Å². The van der Waals surface area contributed by atoms with E-state index in [-0.39, 0.29) is 16.9 Å². The van der Waals surface area contributed by atoms with E-state index in [0.29, 0.717) is 36.8 Å². The molecule has 0 spiro atoms. The van der Waals surface area contributed by atoms with Crippen molar-refractivity contribution >= 4 is 6.21 Å². The molecule has 0 amide bonds. The first-order chi connectivity index (χ1) is 13.8. The molecule has 0 aromatic carbocycles. The van der Waals surface area contributed by atoms with Crippen LogP contribution in [0.5, 0.6) is 0 Å². The van der Waals surface area contributed by atoms with Crippen LogP contribution in [-0.4, -0.2) is 41.3 Å². The highest BCUT2D eigenvalue weighted by molar-refractivity contribution is 5.63. The number of rotatable bonds is 6. The van der Waals surface area contributed by atoms with Crippen molar-refractivity contribution in [3.8, 4) is 0 Å². The quantitative estimate of drug-likeness (QED) is 0.355. The summed E-state index contributed by atoms with van der Waals surface area (Å²) in [6.07, 6.45) is 13.2. The molecule has 166 valence electrons. The van der Waals surface area contributed by atoms with E-state index in [4.69, 9.17) is 10.6 Å². The normalized spacial score (nSPS) is 49.5. The molecular formula is C24H42N2O3. The molecule has 0 aromatic heterocycles. The lowest BCUT2D eigenvalue weighted by molar-refractivity contribution is -0.206. The zero-order valence-electron chi connectivity index (χ0n) is 18.5. The second-order valence-electron chi connectivity index (χ2n) is 11.0. The van der Waals surface area contributed by atoms with Gasteiger partial charge in [-0.15, -0.1) is 0 Å². The van der Waals surface area contributed by atoms with Gasteiger partial charge in [0.05, 0.1) is 11.7 Å². The molecular weight excluding hydrogens is 364 g/mol. The number of nitrogens with two attached hydrogens (primary N) is 1. The van der Waals surface area contributed by atoms with E-state index >= 15 is 0 Å². The average molecular weight is 407 g/mol. The van der Waals surface area contributed by atoms with Gasteiger partial charge in [0.1, 0.15) is 6.61 Å². The summed E-state index contributed by atoms with van der Waals surface area (Å²) < 4.78 is 0. The second-order valence-corrected chi connectivity index (χ2v) is 11.0. The molecule has 0 aromatic rings. The van der Waals surface area contributed by atoms with Gasteiger partial charge in [-0.3, -0.25) is 0 Å². The predicted octanol–water partition coefficient (Wildman–Crippen LogP) is 3.86. The van der Waals surface area contributed by atoms with E-state index < -0.39 is 5.60 Å². The molecule has 5 heteroatoms. The summed E-state index contributed by atoms with van der Waals surface area (Å²) in [6.45, 7) is 6.09. The van der Waals surface area contributed by atoms with Crippen molar-refractivity contribution in [2.45, 2.75) is 96.2 Å². The Hall–Kier alpha value is -0.650. The van der Waals surface area contributed by atoms with Crippen LogP contribution in [0.3, 0.4) is 0 Å². The van der Waals surface area contributed by atoms with Crippen molar-refractivity contribution in [3.63, 3.8) is 0 Å². The Labute approximate surface area is 176 Å². The minimum Gasteiger partial charge on any atom is -0.396 e. The van der Waals surface area contributed by atoms with Crippen LogP contribution in [0.4, 0.5) is 0 Å². The molecule has 4 saturated carbocycles. The van der Waals surface area contributed by atoms with Gasteiger partial charge in [0.2, 0.25) is 0 Å². The highest BCUT2D eigenvalue weighted by atomic mass is 16.6. The summed E-state index contributed by atoms with van der Waals surface area (Å²) in [7, 11) is 0. The van der Waals surface area contributed by atoms with Gasteiger partial charge in [-0.25, -0.2) is 0 Å². The highest BCUT2D eigenvalue weighted by Crippen LogP contribution is 2.68. The van der Waals surface area contributed by atoms with Gasteiger partial charge in [0.25, 0.3) is 0 Å². The number of hydrogen-bond acceptors (Lipinski definition) is 5. The van der Waals surface area contributed by atoms with Gasteiger partial charge in [-0.1, -0.05) is 19.0 Å². The van der Waals surface area contributed by atoms with Gasteiger partial charge in [0, 0.05) is 17.5 Å². The van der Waals surface area contributed by atoms with E-state index in [9.17, 15) is 10.2 Å². The summed E-state index contributed by atoms with van der Waals surface area (Å²) >= 11 is 0. The third kappa shape index (κ3) is 3.45. The maximum atomic E-state index is 12.1. The van der Waals surface area contributed by atoms with Crippen molar-refractivity contribution in [1.29, 1.82) is 0 Å². The van der Waals surface area contributed by atoms with Crippen molar-refractivity contribution in [2.24, 2.45) is 45.4 Å². The van der Waals surface area contributed by atoms with Crippen LogP contribution in [0, 0.1) is 34.5 Å². The highest BCUT2D eigenvalue weighted by Gasteiger charge is 2.66. The standard InChI is InChI=1S/C24H42N2O3/c1-22-10-8-19(27)15-17(22)5-6-21-20(22)9-11-23(2)18(7-12-24(21,23)28)16-26-29-14-4-3-13-25/h16-21,27-28H,3-15,25H2,1-2H3/t17-,18-,19+,20+,21-,22+,23-,24+/m1/s1. The molecule has 0 saturated heterocycles. The lowest BCUT2D eigenvalue weighted by Crippen LogP contribution is -2.62. The summed E-state index contributed by atoms with van der Waals surface area (Å²) in [5.74, 6) is 1.90. The Kier molecular flexibility index (Phi) is 6.04. The summed E-state index contributed by atoms with van der Waals surface area (Å²) in [4.78, 5) is 5.47. The van der Waals surface area contributed by atoms with E-state index in [1.165, 1.54) is 6.42 Å². The molecule has 4 aliphatic carbocycles. The Balaban J connectivity index is 1.47. The molecule has 4 N–H and O–H groups in total.